The second-order valence-electron chi connectivity index (χ2n) is 5.99. The van der Waals surface area contributed by atoms with Gasteiger partial charge in [0.15, 0.2) is 5.75 Å². The van der Waals surface area contributed by atoms with Crippen LogP contribution in [0.4, 0.5) is 0 Å². The molecule has 0 spiro atoms. The molecule has 1 saturated heterocycles. The highest BCUT2D eigenvalue weighted by molar-refractivity contribution is 5.21. The van der Waals surface area contributed by atoms with Gasteiger partial charge >= 0.3 is 0 Å². The first kappa shape index (κ1) is 15.1. The van der Waals surface area contributed by atoms with Crippen molar-refractivity contribution in [2.45, 2.75) is 65.1 Å². The molecule has 0 aliphatic carbocycles. The summed E-state index contributed by atoms with van der Waals surface area (Å²) in [5.74, 6) is -0.152. The average molecular weight is 278 g/mol. The van der Waals surface area contributed by atoms with Gasteiger partial charge in [-0.3, -0.25) is 9.69 Å². The maximum Gasteiger partial charge on any atom is 0.223 e. The summed E-state index contributed by atoms with van der Waals surface area (Å²) >= 11 is 0. The Balaban J connectivity index is 2.29. The topological polar surface area (TPSA) is 45.5 Å². The lowest BCUT2D eigenvalue weighted by Crippen LogP contribution is -2.38. The summed E-state index contributed by atoms with van der Waals surface area (Å²) in [4.78, 5) is 14.2. The number of hydrogen-bond acceptors (Lipinski definition) is 3. The van der Waals surface area contributed by atoms with Gasteiger partial charge in [0.2, 0.25) is 5.43 Å². The molecule has 4 nitrogen and oxygen atoms in total. The van der Waals surface area contributed by atoms with E-state index >= 15 is 0 Å². The first-order valence-corrected chi connectivity index (χ1v) is 7.71. The maximum atomic E-state index is 11.7. The summed E-state index contributed by atoms with van der Waals surface area (Å²) in [6, 6.07) is 2.46. The van der Waals surface area contributed by atoms with Crippen molar-refractivity contribution in [2.75, 3.05) is 6.54 Å². The Morgan fingerprint density at radius 1 is 1.45 bits per heavy atom. The zero-order valence-corrected chi connectivity index (χ0v) is 12.8. The number of piperidine rings is 1. The predicted octanol–water partition coefficient (Wildman–Crippen LogP) is 2.90. The van der Waals surface area contributed by atoms with E-state index in [9.17, 15) is 9.90 Å². The molecule has 112 valence electrons. The van der Waals surface area contributed by atoms with Crippen LogP contribution in [-0.4, -0.2) is 27.2 Å². The molecule has 0 bridgehead atoms. The Morgan fingerprint density at radius 3 is 2.85 bits per heavy atom. The first-order valence-electron chi connectivity index (χ1n) is 7.71. The van der Waals surface area contributed by atoms with E-state index in [4.69, 9.17) is 0 Å². The van der Waals surface area contributed by atoms with Gasteiger partial charge in [-0.1, -0.05) is 13.3 Å². The standard InChI is InChI=1S/C16H26N2O2/c1-4-12(2)18-11-16(20)15(19)9-14(18)10-17-8-6-5-7-13(17)3/h9,11-13,20H,4-8,10H2,1-3H3. The third kappa shape index (κ3) is 3.23. The minimum atomic E-state index is -0.274. The van der Waals surface area contributed by atoms with Gasteiger partial charge < -0.3 is 9.67 Å². The van der Waals surface area contributed by atoms with Crippen LogP contribution in [0.1, 0.15) is 58.2 Å². The molecule has 1 N–H and O–H groups in total. The van der Waals surface area contributed by atoms with Crippen molar-refractivity contribution in [3.05, 3.63) is 28.2 Å². The van der Waals surface area contributed by atoms with Gasteiger partial charge in [0.25, 0.3) is 0 Å². The minimum absolute atomic E-state index is 0.152. The Labute approximate surface area is 121 Å². The number of aromatic hydroxyl groups is 1. The summed E-state index contributed by atoms with van der Waals surface area (Å²) in [6.07, 6.45) is 6.33. The highest BCUT2D eigenvalue weighted by atomic mass is 16.3. The lowest BCUT2D eigenvalue weighted by molar-refractivity contribution is 0.147. The molecule has 2 unspecified atom stereocenters. The molecule has 2 heterocycles. The monoisotopic (exact) mass is 278 g/mol. The molecule has 20 heavy (non-hydrogen) atoms. The Bertz CT molecular complexity index is 510. The number of nitrogens with zero attached hydrogens (tertiary/aromatic N) is 2. The van der Waals surface area contributed by atoms with Gasteiger partial charge in [-0.25, -0.2) is 0 Å². The van der Waals surface area contributed by atoms with Crippen molar-refractivity contribution < 1.29 is 5.11 Å². The van der Waals surface area contributed by atoms with Crippen LogP contribution >= 0.6 is 0 Å². The fourth-order valence-corrected chi connectivity index (χ4v) is 2.91. The van der Waals surface area contributed by atoms with Gasteiger partial charge in [0.1, 0.15) is 0 Å². The molecule has 1 aromatic rings. The van der Waals surface area contributed by atoms with Crippen LogP contribution in [0.15, 0.2) is 17.1 Å². The van der Waals surface area contributed by atoms with Crippen LogP contribution in [-0.2, 0) is 6.54 Å². The molecule has 2 rings (SSSR count). The van der Waals surface area contributed by atoms with E-state index < -0.39 is 0 Å². The summed E-state index contributed by atoms with van der Waals surface area (Å²) in [7, 11) is 0. The quantitative estimate of drug-likeness (QED) is 0.921. The minimum Gasteiger partial charge on any atom is -0.503 e. The number of hydrogen-bond donors (Lipinski definition) is 1. The van der Waals surface area contributed by atoms with E-state index in [1.165, 1.54) is 19.3 Å². The zero-order valence-electron chi connectivity index (χ0n) is 12.8. The van der Waals surface area contributed by atoms with Gasteiger partial charge in [-0.15, -0.1) is 0 Å². The third-order valence-electron chi connectivity index (χ3n) is 4.51. The third-order valence-corrected chi connectivity index (χ3v) is 4.51. The summed E-state index contributed by atoms with van der Waals surface area (Å²) in [6.45, 7) is 8.38. The van der Waals surface area contributed by atoms with Crippen molar-refractivity contribution in [3.63, 3.8) is 0 Å². The van der Waals surface area contributed by atoms with Gasteiger partial charge in [-0.05, 0) is 39.7 Å². The van der Waals surface area contributed by atoms with Crippen molar-refractivity contribution in [1.82, 2.24) is 9.47 Å². The molecule has 0 radical (unpaired) electrons. The SMILES string of the molecule is CCC(C)n1cc(O)c(=O)cc1CN1CCCCC1C. The maximum absolute atomic E-state index is 11.7. The second kappa shape index (κ2) is 6.44. The van der Waals surface area contributed by atoms with E-state index in [0.717, 1.165) is 25.2 Å². The smallest absolute Gasteiger partial charge is 0.223 e. The van der Waals surface area contributed by atoms with E-state index in [1.54, 1.807) is 12.3 Å². The lowest BCUT2D eigenvalue weighted by atomic mass is 10.0. The number of likely N-dealkylation sites (tertiary alicyclic amines) is 1. The van der Waals surface area contributed by atoms with Crippen molar-refractivity contribution in [1.29, 1.82) is 0 Å². The van der Waals surface area contributed by atoms with E-state index in [0.29, 0.717) is 6.04 Å². The molecule has 2 atom stereocenters. The van der Waals surface area contributed by atoms with Crippen LogP contribution in [0.2, 0.25) is 0 Å². The molecular weight excluding hydrogens is 252 g/mol. The normalized spacial score (nSPS) is 21.9. The molecule has 1 fully saturated rings. The van der Waals surface area contributed by atoms with Crippen LogP contribution in [0.5, 0.6) is 5.75 Å². The highest BCUT2D eigenvalue weighted by Gasteiger charge is 2.20. The van der Waals surface area contributed by atoms with Crippen LogP contribution in [0, 0.1) is 0 Å². The van der Waals surface area contributed by atoms with Crippen molar-refractivity contribution in [3.8, 4) is 5.75 Å². The van der Waals surface area contributed by atoms with Gasteiger partial charge in [0, 0.05) is 30.4 Å². The van der Waals surface area contributed by atoms with Crippen LogP contribution < -0.4 is 5.43 Å². The fourth-order valence-electron chi connectivity index (χ4n) is 2.91. The van der Waals surface area contributed by atoms with Gasteiger partial charge in [-0.2, -0.15) is 0 Å². The largest absolute Gasteiger partial charge is 0.503 e. The highest BCUT2D eigenvalue weighted by Crippen LogP contribution is 2.22. The Morgan fingerprint density at radius 2 is 2.20 bits per heavy atom. The van der Waals surface area contributed by atoms with Gasteiger partial charge in [0.05, 0.1) is 6.20 Å². The predicted molar refractivity (Wildman–Crippen MR) is 81.1 cm³/mol. The zero-order chi connectivity index (χ0) is 14.7. The first-order chi connectivity index (χ1) is 9.52. The molecule has 0 amide bonds. The second-order valence-corrected chi connectivity index (χ2v) is 5.99. The van der Waals surface area contributed by atoms with Crippen LogP contribution in [0.3, 0.4) is 0 Å². The van der Waals surface area contributed by atoms with E-state index in [2.05, 4.69) is 30.2 Å². The average Bonchev–Trinajstić information content (AvgIpc) is 2.44. The Hall–Kier alpha value is -1.29. The van der Waals surface area contributed by atoms with Crippen LogP contribution in [0.25, 0.3) is 0 Å². The lowest BCUT2D eigenvalue weighted by Gasteiger charge is -2.34. The molecule has 1 aromatic heterocycles. The number of aromatic nitrogens is 1. The molecule has 1 aliphatic rings. The molecule has 1 aliphatic heterocycles. The summed E-state index contributed by atoms with van der Waals surface area (Å²) in [5.41, 5.74) is 0.736. The number of rotatable bonds is 4. The summed E-state index contributed by atoms with van der Waals surface area (Å²) < 4.78 is 2.05. The van der Waals surface area contributed by atoms with Crippen molar-refractivity contribution >= 4 is 0 Å². The molecular formula is C16H26N2O2. The number of pyridine rings is 1. The van der Waals surface area contributed by atoms with E-state index in [1.807, 2.05) is 0 Å². The fraction of sp³-hybridized carbons (Fsp3) is 0.688. The molecule has 0 saturated carbocycles. The Kier molecular flexibility index (Phi) is 4.86. The molecule has 4 heteroatoms. The van der Waals surface area contributed by atoms with E-state index in [-0.39, 0.29) is 17.2 Å². The van der Waals surface area contributed by atoms with Crippen molar-refractivity contribution in [2.24, 2.45) is 0 Å². The summed E-state index contributed by atoms with van der Waals surface area (Å²) in [5, 5.41) is 9.68. The molecule has 0 aromatic carbocycles.